The average molecular weight is 264 g/mol. The quantitative estimate of drug-likeness (QED) is 0.679. The molecule has 2 rings (SSSR count). The molecule has 0 saturated carbocycles. The topological polar surface area (TPSA) is 68.1 Å². The lowest BCUT2D eigenvalue weighted by atomic mass is 10.2. The summed E-state index contributed by atoms with van der Waals surface area (Å²) in [6.45, 7) is 3.99. The molecule has 1 aromatic carbocycles. The number of pyridine rings is 1. The first kappa shape index (κ1) is 12.3. The van der Waals surface area contributed by atoms with Crippen molar-refractivity contribution in [1.82, 2.24) is 4.98 Å². The number of halogens is 1. The maximum absolute atomic E-state index is 10.6. The van der Waals surface area contributed by atoms with Crippen molar-refractivity contribution in [2.24, 2.45) is 0 Å². The van der Waals surface area contributed by atoms with Crippen molar-refractivity contribution in [3.05, 3.63) is 52.1 Å². The molecule has 0 aliphatic carbocycles. The van der Waals surface area contributed by atoms with E-state index in [1.165, 1.54) is 12.1 Å². The molecule has 1 N–H and O–H groups in total. The van der Waals surface area contributed by atoms with Crippen molar-refractivity contribution in [3.63, 3.8) is 0 Å². The van der Waals surface area contributed by atoms with Gasteiger partial charge in [-0.05, 0) is 18.2 Å². The molecule has 92 valence electrons. The first-order valence-corrected chi connectivity index (χ1v) is 5.56. The standard InChI is InChI=1S/C12H10ClN3O2/c1-8(13)7-14-12-5-2-9-6-10(16(17)18)3-4-11(9)15-12/h2-6H,1,7H2,(H,14,15). The molecule has 0 atom stereocenters. The first-order valence-electron chi connectivity index (χ1n) is 5.18. The number of non-ortho nitro benzene ring substituents is 1. The highest BCUT2D eigenvalue weighted by molar-refractivity contribution is 6.29. The van der Waals surface area contributed by atoms with Crippen molar-refractivity contribution < 1.29 is 4.92 Å². The van der Waals surface area contributed by atoms with Gasteiger partial charge in [0, 0.05) is 22.6 Å². The molecule has 1 heterocycles. The van der Waals surface area contributed by atoms with Gasteiger partial charge in [0.2, 0.25) is 0 Å². The minimum Gasteiger partial charge on any atom is -0.365 e. The largest absolute Gasteiger partial charge is 0.365 e. The van der Waals surface area contributed by atoms with Gasteiger partial charge in [-0.15, -0.1) is 0 Å². The molecule has 0 amide bonds. The zero-order valence-electron chi connectivity index (χ0n) is 9.39. The van der Waals surface area contributed by atoms with Crippen LogP contribution in [0.3, 0.4) is 0 Å². The third kappa shape index (κ3) is 2.75. The number of nitro benzene ring substituents is 1. The molecule has 0 bridgehead atoms. The molecule has 0 fully saturated rings. The summed E-state index contributed by atoms with van der Waals surface area (Å²) in [7, 11) is 0. The molecule has 0 aliphatic rings. The van der Waals surface area contributed by atoms with Crippen LogP contribution in [-0.2, 0) is 0 Å². The molecular weight excluding hydrogens is 254 g/mol. The van der Waals surface area contributed by atoms with Gasteiger partial charge in [-0.2, -0.15) is 0 Å². The van der Waals surface area contributed by atoms with E-state index >= 15 is 0 Å². The van der Waals surface area contributed by atoms with Crippen LogP contribution in [0.2, 0.25) is 0 Å². The second kappa shape index (κ2) is 5.01. The summed E-state index contributed by atoms with van der Waals surface area (Å²) >= 11 is 5.64. The number of hydrogen-bond donors (Lipinski definition) is 1. The number of aromatic nitrogens is 1. The van der Waals surface area contributed by atoms with E-state index in [1.807, 2.05) is 0 Å². The number of anilines is 1. The number of nitrogens with zero attached hydrogens (tertiary/aromatic N) is 2. The molecule has 0 unspecified atom stereocenters. The number of rotatable bonds is 4. The Bertz CT molecular complexity index is 628. The highest BCUT2D eigenvalue weighted by Crippen LogP contribution is 2.21. The van der Waals surface area contributed by atoms with Gasteiger partial charge in [-0.3, -0.25) is 10.1 Å². The van der Waals surface area contributed by atoms with E-state index in [-0.39, 0.29) is 5.69 Å². The third-order valence-electron chi connectivity index (χ3n) is 2.34. The fourth-order valence-corrected chi connectivity index (χ4v) is 1.58. The van der Waals surface area contributed by atoms with Crippen LogP contribution in [0.4, 0.5) is 11.5 Å². The van der Waals surface area contributed by atoms with Gasteiger partial charge in [-0.25, -0.2) is 4.98 Å². The lowest BCUT2D eigenvalue weighted by Gasteiger charge is -2.05. The van der Waals surface area contributed by atoms with Crippen LogP contribution in [0.15, 0.2) is 41.9 Å². The number of nitrogens with one attached hydrogen (secondary N) is 1. The normalized spacial score (nSPS) is 10.3. The van der Waals surface area contributed by atoms with Crippen LogP contribution in [0.25, 0.3) is 10.9 Å². The van der Waals surface area contributed by atoms with E-state index in [4.69, 9.17) is 11.6 Å². The first-order chi connectivity index (χ1) is 8.56. The molecule has 0 aliphatic heterocycles. The van der Waals surface area contributed by atoms with Gasteiger partial charge in [-0.1, -0.05) is 18.2 Å². The SMILES string of the molecule is C=C(Cl)CNc1ccc2cc([N+](=O)[O-])ccc2n1. The van der Waals surface area contributed by atoms with Gasteiger partial charge < -0.3 is 5.32 Å². The summed E-state index contributed by atoms with van der Waals surface area (Å²) < 4.78 is 0. The second-order valence-electron chi connectivity index (χ2n) is 3.70. The second-order valence-corrected chi connectivity index (χ2v) is 4.24. The van der Waals surface area contributed by atoms with Crippen LogP contribution < -0.4 is 5.32 Å². The van der Waals surface area contributed by atoms with Crippen LogP contribution >= 0.6 is 11.6 Å². The van der Waals surface area contributed by atoms with Gasteiger partial charge in [0.25, 0.3) is 5.69 Å². The Labute approximate surface area is 108 Å². The lowest BCUT2D eigenvalue weighted by molar-refractivity contribution is -0.384. The highest BCUT2D eigenvalue weighted by Gasteiger charge is 2.06. The highest BCUT2D eigenvalue weighted by atomic mass is 35.5. The Morgan fingerprint density at radius 2 is 2.22 bits per heavy atom. The Kier molecular flexibility index (Phi) is 3.43. The fourth-order valence-electron chi connectivity index (χ4n) is 1.51. The molecule has 0 spiro atoms. The Balaban J connectivity index is 2.32. The van der Waals surface area contributed by atoms with Crippen LogP contribution in [0, 0.1) is 10.1 Å². The summed E-state index contributed by atoms with van der Waals surface area (Å²) in [5.41, 5.74) is 0.741. The minimum atomic E-state index is -0.427. The molecule has 6 heteroatoms. The maximum atomic E-state index is 10.6. The summed E-state index contributed by atoms with van der Waals surface area (Å²) in [6, 6.07) is 8.06. The molecule has 5 nitrogen and oxygen atoms in total. The summed E-state index contributed by atoms with van der Waals surface area (Å²) in [6.07, 6.45) is 0. The predicted molar refractivity (Wildman–Crippen MR) is 71.9 cm³/mol. The van der Waals surface area contributed by atoms with E-state index in [9.17, 15) is 10.1 Å². The van der Waals surface area contributed by atoms with E-state index in [0.717, 1.165) is 5.39 Å². The molecular formula is C12H10ClN3O2. The third-order valence-corrected chi connectivity index (χ3v) is 2.48. The fraction of sp³-hybridized carbons (Fsp3) is 0.0833. The summed E-state index contributed by atoms with van der Waals surface area (Å²) in [4.78, 5) is 14.5. The smallest absolute Gasteiger partial charge is 0.270 e. The Morgan fingerprint density at radius 1 is 1.44 bits per heavy atom. The van der Waals surface area contributed by atoms with Crippen molar-refractivity contribution in [2.45, 2.75) is 0 Å². The van der Waals surface area contributed by atoms with Crippen molar-refractivity contribution in [1.29, 1.82) is 0 Å². The van der Waals surface area contributed by atoms with E-state index in [0.29, 0.717) is 22.9 Å². The summed E-state index contributed by atoms with van der Waals surface area (Å²) in [5, 5.41) is 14.8. The zero-order valence-corrected chi connectivity index (χ0v) is 10.1. The summed E-state index contributed by atoms with van der Waals surface area (Å²) in [5.74, 6) is 0.651. The van der Waals surface area contributed by atoms with Crippen LogP contribution in [0.5, 0.6) is 0 Å². The Morgan fingerprint density at radius 3 is 2.89 bits per heavy atom. The lowest BCUT2D eigenvalue weighted by Crippen LogP contribution is -2.02. The molecule has 2 aromatic rings. The predicted octanol–water partition coefficient (Wildman–Crippen LogP) is 3.31. The number of hydrogen-bond acceptors (Lipinski definition) is 4. The average Bonchev–Trinajstić information content (AvgIpc) is 2.35. The van der Waals surface area contributed by atoms with E-state index in [1.54, 1.807) is 18.2 Å². The number of benzene rings is 1. The minimum absolute atomic E-state index is 0.0548. The molecule has 1 aromatic heterocycles. The molecule has 0 saturated heterocycles. The number of fused-ring (bicyclic) bond motifs is 1. The monoisotopic (exact) mass is 263 g/mol. The van der Waals surface area contributed by atoms with Crippen LogP contribution in [-0.4, -0.2) is 16.5 Å². The van der Waals surface area contributed by atoms with Gasteiger partial charge in [0.1, 0.15) is 5.82 Å². The van der Waals surface area contributed by atoms with Crippen molar-refractivity contribution in [2.75, 3.05) is 11.9 Å². The molecule has 0 radical (unpaired) electrons. The van der Waals surface area contributed by atoms with Crippen molar-refractivity contribution >= 4 is 34.0 Å². The van der Waals surface area contributed by atoms with Gasteiger partial charge in [0.05, 0.1) is 17.0 Å². The molecule has 18 heavy (non-hydrogen) atoms. The zero-order chi connectivity index (χ0) is 13.1. The van der Waals surface area contributed by atoms with Gasteiger partial charge in [0.15, 0.2) is 0 Å². The van der Waals surface area contributed by atoms with E-state index < -0.39 is 4.92 Å². The van der Waals surface area contributed by atoms with E-state index in [2.05, 4.69) is 16.9 Å². The Hall–Kier alpha value is -2.14. The maximum Gasteiger partial charge on any atom is 0.270 e. The number of nitro groups is 1. The van der Waals surface area contributed by atoms with Crippen molar-refractivity contribution in [3.8, 4) is 0 Å². The van der Waals surface area contributed by atoms with Crippen LogP contribution in [0.1, 0.15) is 0 Å². The van der Waals surface area contributed by atoms with Gasteiger partial charge >= 0.3 is 0 Å².